The Hall–Kier alpha value is -2.76. The molecule has 0 saturated heterocycles. The number of carbonyl (C=O) groups excluding carboxylic acids is 1. The molecule has 0 radical (unpaired) electrons. The lowest BCUT2D eigenvalue weighted by molar-refractivity contribution is -0.118. The summed E-state index contributed by atoms with van der Waals surface area (Å²) < 4.78 is 29.6. The van der Waals surface area contributed by atoms with E-state index in [0.717, 1.165) is 5.56 Å². The van der Waals surface area contributed by atoms with E-state index in [1.807, 2.05) is 13.0 Å². The van der Waals surface area contributed by atoms with Crippen molar-refractivity contribution in [3.8, 4) is 17.2 Å². The van der Waals surface area contributed by atoms with Gasteiger partial charge < -0.3 is 19.5 Å². The number of aryl methyl sites for hydroxylation is 1. The van der Waals surface area contributed by atoms with E-state index in [1.165, 1.54) is 12.1 Å². The third-order valence-electron chi connectivity index (χ3n) is 3.36. The van der Waals surface area contributed by atoms with E-state index >= 15 is 0 Å². The maximum Gasteiger partial charge on any atom is 0.262 e. The average molecular weight is 317 g/mol. The van der Waals surface area contributed by atoms with Crippen LogP contribution in [0.2, 0.25) is 0 Å². The van der Waals surface area contributed by atoms with Gasteiger partial charge in [-0.25, -0.2) is 4.39 Å². The molecule has 1 aliphatic heterocycles. The van der Waals surface area contributed by atoms with Crippen molar-refractivity contribution >= 4 is 11.6 Å². The highest BCUT2D eigenvalue weighted by molar-refractivity contribution is 5.93. The van der Waals surface area contributed by atoms with Crippen LogP contribution in [-0.4, -0.2) is 25.7 Å². The molecule has 5 nitrogen and oxygen atoms in total. The SMILES string of the molecule is Cc1cc2c(cc1NC(=O)COc1ccccc1F)OCCO2. The topological polar surface area (TPSA) is 56.8 Å². The molecule has 3 rings (SSSR count). The summed E-state index contributed by atoms with van der Waals surface area (Å²) in [6, 6.07) is 9.46. The minimum Gasteiger partial charge on any atom is -0.486 e. The Morgan fingerprint density at radius 3 is 2.65 bits per heavy atom. The normalized spacial score (nSPS) is 12.6. The first-order valence-electron chi connectivity index (χ1n) is 7.21. The van der Waals surface area contributed by atoms with Gasteiger partial charge in [0, 0.05) is 11.8 Å². The van der Waals surface area contributed by atoms with Crippen molar-refractivity contribution in [2.45, 2.75) is 6.92 Å². The Bertz CT molecular complexity index is 733. The van der Waals surface area contributed by atoms with Gasteiger partial charge in [0.15, 0.2) is 29.7 Å². The highest BCUT2D eigenvalue weighted by atomic mass is 19.1. The van der Waals surface area contributed by atoms with E-state index in [4.69, 9.17) is 14.2 Å². The first kappa shape index (κ1) is 15.1. The van der Waals surface area contributed by atoms with Crippen LogP contribution in [0.4, 0.5) is 10.1 Å². The van der Waals surface area contributed by atoms with E-state index < -0.39 is 5.82 Å². The van der Waals surface area contributed by atoms with Crippen LogP contribution in [0.3, 0.4) is 0 Å². The molecule has 0 spiro atoms. The zero-order chi connectivity index (χ0) is 16.2. The summed E-state index contributed by atoms with van der Waals surface area (Å²) in [6.07, 6.45) is 0. The number of hydrogen-bond donors (Lipinski definition) is 1. The monoisotopic (exact) mass is 317 g/mol. The zero-order valence-corrected chi connectivity index (χ0v) is 12.6. The van der Waals surface area contributed by atoms with E-state index in [0.29, 0.717) is 30.4 Å². The van der Waals surface area contributed by atoms with E-state index in [2.05, 4.69) is 5.32 Å². The lowest BCUT2D eigenvalue weighted by atomic mass is 10.1. The minimum absolute atomic E-state index is 0.0431. The Kier molecular flexibility index (Phi) is 4.32. The van der Waals surface area contributed by atoms with Gasteiger partial charge in [-0.3, -0.25) is 4.79 Å². The number of halogens is 1. The number of para-hydroxylation sites is 1. The fraction of sp³-hybridized carbons (Fsp3) is 0.235. The van der Waals surface area contributed by atoms with Crippen molar-refractivity contribution in [3.05, 3.63) is 47.8 Å². The van der Waals surface area contributed by atoms with Crippen LogP contribution in [0.15, 0.2) is 36.4 Å². The highest BCUT2D eigenvalue weighted by Gasteiger charge is 2.15. The molecule has 0 bridgehead atoms. The van der Waals surface area contributed by atoms with Gasteiger partial charge in [0.05, 0.1) is 0 Å². The van der Waals surface area contributed by atoms with Crippen molar-refractivity contribution in [1.82, 2.24) is 0 Å². The summed E-state index contributed by atoms with van der Waals surface area (Å²) in [7, 11) is 0. The van der Waals surface area contributed by atoms with Crippen LogP contribution in [0.1, 0.15) is 5.56 Å². The smallest absolute Gasteiger partial charge is 0.262 e. The number of fused-ring (bicyclic) bond motifs is 1. The van der Waals surface area contributed by atoms with Crippen molar-refractivity contribution in [2.75, 3.05) is 25.1 Å². The number of rotatable bonds is 4. The molecule has 1 amide bonds. The second-order valence-electron chi connectivity index (χ2n) is 5.08. The summed E-state index contributed by atoms with van der Waals surface area (Å²) in [5.41, 5.74) is 1.45. The predicted octanol–water partition coefficient (Wildman–Crippen LogP) is 2.92. The number of nitrogens with one attached hydrogen (secondary N) is 1. The first-order valence-corrected chi connectivity index (χ1v) is 7.21. The molecular weight excluding hydrogens is 301 g/mol. The summed E-state index contributed by atoms with van der Waals surface area (Å²) in [6.45, 7) is 2.55. The van der Waals surface area contributed by atoms with Gasteiger partial charge in [0.2, 0.25) is 0 Å². The Morgan fingerprint density at radius 1 is 1.22 bits per heavy atom. The molecule has 23 heavy (non-hydrogen) atoms. The molecule has 1 N–H and O–H groups in total. The standard InChI is InChI=1S/C17H16FNO4/c1-11-8-15-16(22-7-6-21-15)9-13(11)19-17(20)10-23-14-5-3-2-4-12(14)18/h2-5,8-9H,6-7,10H2,1H3,(H,19,20). The Morgan fingerprint density at radius 2 is 1.91 bits per heavy atom. The zero-order valence-electron chi connectivity index (χ0n) is 12.6. The molecule has 120 valence electrons. The second kappa shape index (κ2) is 6.56. The highest BCUT2D eigenvalue weighted by Crippen LogP contribution is 2.35. The quantitative estimate of drug-likeness (QED) is 0.942. The maximum absolute atomic E-state index is 13.4. The first-order chi connectivity index (χ1) is 11.1. The molecule has 0 aliphatic carbocycles. The summed E-state index contributed by atoms with van der Waals surface area (Å²) >= 11 is 0. The largest absolute Gasteiger partial charge is 0.486 e. The van der Waals surface area contributed by atoms with Gasteiger partial charge in [-0.15, -0.1) is 0 Å². The van der Waals surface area contributed by atoms with E-state index in [1.54, 1.807) is 18.2 Å². The van der Waals surface area contributed by atoms with Crippen molar-refractivity contribution in [2.24, 2.45) is 0 Å². The summed E-state index contributed by atoms with van der Waals surface area (Å²) in [5.74, 6) is 0.409. The number of carbonyl (C=O) groups is 1. The molecule has 6 heteroatoms. The van der Waals surface area contributed by atoms with Gasteiger partial charge in [0.25, 0.3) is 5.91 Å². The Balaban J connectivity index is 1.65. The fourth-order valence-electron chi connectivity index (χ4n) is 2.22. The Labute approximate surface area is 133 Å². The van der Waals surface area contributed by atoms with Crippen LogP contribution in [0, 0.1) is 12.7 Å². The molecule has 2 aromatic carbocycles. The third kappa shape index (κ3) is 3.53. The number of amides is 1. The molecule has 1 aliphatic rings. The molecule has 0 fully saturated rings. The second-order valence-corrected chi connectivity index (χ2v) is 5.08. The number of hydrogen-bond acceptors (Lipinski definition) is 4. The molecule has 1 heterocycles. The number of ether oxygens (including phenoxy) is 3. The molecule has 0 aromatic heterocycles. The summed E-state index contributed by atoms with van der Waals surface area (Å²) in [4.78, 5) is 12.0. The van der Waals surface area contributed by atoms with Gasteiger partial charge in [-0.1, -0.05) is 12.1 Å². The molecule has 0 atom stereocenters. The van der Waals surface area contributed by atoms with Crippen molar-refractivity contribution < 1.29 is 23.4 Å². The molecule has 0 unspecified atom stereocenters. The van der Waals surface area contributed by atoms with Gasteiger partial charge >= 0.3 is 0 Å². The summed E-state index contributed by atoms with van der Waals surface area (Å²) in [5, 5.41) is 2.73. The predicted molar refractivity (Wildman–Crippen MR) is 82.7 cm³/mol. The van der Waals surface area contributed by atoms with E-state index in [9.17, 15) is 9.18 Å². The lowest BCUT2D eigenvalue weighted by Gasteiger charge is -2.20. The van der Waals surface area contributed by atoms with Crippen LogP contribution < -0.4 is 19.5 Å². The van der Waals surface area contributed by atoms with Gasteiger partial charge in [-0.05, 0) is 30.7 Å². The minimum atomic E-state index is -0.504. The van der Waals surface area contributed by atoms with E-state index in [-0.39, 0.29) is 18.3 Å². The van der Waals surface area contributed by atoms with Crippen LogP contribution in [-0.2, 0) is 4.79 Å². The molecule has 0 saturated carbocycles. The number of benzene rings is 2. The fourth-order valence-corrected chi connectivity index (χ4v) is 2.22. The van der Waals surface area contributed by atoms with Crippen molar-refractivity contribution in [1.29, 1.82) is 0 Å². The molecule has 2 aromatic rings. The van der Waals surface area contributed by atoms with Gasteiger partial charge in [0.1, 0.15) is 13.2 Å². The van der Waals surface area contributed by atoms with Gasteiger partial charge in [-0.2, -0.15) is 0 Å². The molecular formula is C17H16FNO4. The number of anilines is 1. The lowest BCUT2D eigenvalue weighted by Crippen LogP contribution is -2.21. The third-order valence-corrected chi connectivity index (χ3v) is 3.36. The van der Waals surface area contributed by atoms with Crippen molar-refractivity contribution in [3.63, 3.8) is 0 Å². The average Bonchev–Trinajstić information content (AvgIpc) is 2.55. The van der Waals surface area contributed by atoms with Crippen LogP contribution in [0.5, 0.6) is 17.2 Å². The van der Waals surface area contributed by atoms with Crippen LogP contribution >= 0.6 is 0 Å². The van der Waals surface area contributed by atoms with Crippen LogP contribution in [0.25, 0.3) is 0 Å². The maximum atomic E-state index is 13.4.